The van der Waals surface area contributed by atoms with Crippen molar-refractivity contribution >= 4 is 5.97 Å². The van der Waals surface area contributed by atoms with E-state index in [-0.39, 0.29) is 5.60 Å². The molecule has 1 rings (SSSR count). The Morgan fingerprint density at radius 1 is 1.69 bits per heavy atom. The third-order valence-corrected chi connectivity index (χ3v) is 2.86. The highest BCUT2D eigenvalue weighted by molar-refractivity contribution is 5.78. The van der Waals surface area contributed by atoms with Crippen molar-refractivity contribution in [3.63, 3.8) is 0 Å². The predicted octanol–water partition coefficient (Wildman–Crippen LogP) is 0.748. The SMILES string of the molecule is CCC1(C)CC(N)(C(=O)O)CCO1. The van der Waals surface area contributed by atoms with Crippen molar-refractivity contribution in [2.24, 2.45) is 5.73 Å². The van der Waals surface area contributed by atoms with Crippen molar-refractivity contribution in [1.82, 2.24) is 0 Å². The maximum atomic E-state index is 10.9. The van der Waals surface area contributed by atoms with Crippen molar-refractivity contribution in [2.45, 2.75) is 44.2 Å². The summed E-state index contributed by atoms with van der Waals surface area (Å²) in [7, 11) is 0. The summed E-state index contributed by atoms with van der Waals surface area (Å²) in [6.45, 7) is 4.33. The molecular weight excluding hydrogens is 170 g/mol. The molecule has 13 heavy (non-hydrogen) atoms. The largest absolute Gasteiger partial charge is 0.480 e. The summed E-state index contributed by atoms with van der Waals surface area (Å²) < 4.78 is 5.52. The highest BCUT2D eigenvalue weighted by Gasteiger charge is 2.44. The maximum absolute atomic E-state index is 10.9. The lowest BCUT2D eigenvalue weighted by molar-refractivity contribution is -0.156. The second-order valence-electron chi connectivity index (χ2n) is 4.04. The summed E-state index contributed by atoms with van der Waals surface area (Å²) in [4.78, 5) is 10.9. The van der Waals surface area contributed by atoms with Crippen LogP contribution in [0, 0.1) is 0 Å². The van der Waals surface area contributed by atoms with Crippen molar-refractivity contribution in [3.05, 3.63) is 0 Å². The molecule has 0 bridgehead atoms. The molecule has 1 heterocycles. The number of carboxylic acid groups (broad SMARTS) is 1. The molecule has 0 aromatic heterocycles. The monoisotopic (exact) mass is 187 g/mol. The van der Waals surface area contributed by atoms with Crippen LogP contribution in [0.5, 0.6) is 0 Å². The number of carbonyl (C=O) groups is 1. The molecule has 2 atom stereocenters. The van der Waals surface area contributed by atoms with Crippen LogP contribution in [0.1, 0.15) is 33.1 Å². The van der Waals surface area contributed by atoms with Gasteiger partial charge in [-0.3, -0.25) is 4.79 Å². The van der Waals surface area contributed by atoms with E-state index in [1.54, 1.807) is 0 Å². The minimum atomic E-state index is -1.09. The molecule has 1 saturated heterocycles. The number of aliphatic carboxylic acids is 1. The van der Waals surface area contributed by atoms with Gasteiger partial charge in [0, 0.05) is 13.0 Å². The molecule has 0 amide bonds. The van der Waals surface area contributed by atoms with E-state index in [0.29, 0.717) is 19.4 Å². The van der Waals surface area contributed by atoms with Crippen LogP contribution in [0.3, 0.4) is 0 Å². The number of rotatable bonds is 2. The first-order valence-electron chi connectivity index (χ1n) is 4.58. The molecule has 1 aliphatic rings. The van der Waals surface area contributed by atoms with Gasteiger partial charge < -0.3 is 15.6 Å². The van der Waals surface area contributed by atoms with E-state index >= 15 is 0 Å². The molecule has 0 radical (unpaired) electrons. The normalized spacial score (nSPS) is 40.2. The van der Waals surface area contributed by atoms with Crippen LogP contribution in [-0.4, -0.2) is 28.8 Å². The summed E-state index contributed by atoms with van der Waals surface area (Å²) in [5.74, 6) is -0.921. The lowest BCUT2D eigenvalue weighted by Crippen LogP contribution is -2.57. The van der Waals surface area contributed by atoms with Gasteiger partial charge in [-0.05, 0) is 19.8 Å². The molecule has 2 unspecified atom stereocenters. The number of hydrogen-bond acceptors (Lipinski definition) is 3. The molecule has 0 spiro atoms. The highest BCUT2D eigenvalue weighted by atomic mass is 16.5. The number of nitrogens with two attached hydrogens (primary N) is 1. The van der Waals surface area contributed by atoms with E-state index in [4.69, 9.17) is 15.6 Å². The zero-order chi connectivity index (χ0) is 10.1. The topological polar surface area (TPSA) is 72.6 Å². The Kier molecular flexibility index (Phi) is 2.63. The van der Waals surface area contributed by atoms with Crippen molar-refractivity contribution < 1.29 is 14.6 Å². The van der Waals surface area contributed by atoms with Crippen molar-refractivity contribution in [3.8, 4) is 0 Å². The molecule has 0 aromatic carbocycles. The van der Waals surface area contributed by atoms with E-state index in [0.717, 1.165) is 6.42 Å². The van der Waals surface area contributed by atoms with Gasteiger partial charge in [0.15, 0.2) is 0 Å². The standard InChI is InChI=1S/C9H17NO3/c1-3-8(2)6-9(10,7(11)12)4-5-13-8/h3-6,10H2,1-2H3,(H,11,12). The van der Waals surface area contributed by atoms with E-state index in [9.17, 15) is 4.79 Å². The molecule has 4 nitrogen and oxygen atoms in total. The minimum absolute atomic E-state index is 0.370. The average Bonchev–Trinajstić information content (AvgIpc) is 2.04. The van der Waals surface area contributed by atoms with Crippen LogP contribution in [0.2, 0.25) is 0 Å². The van der Waals surface area contributed by atoms with Crippen LogP contribution in [0.15, 0.2) is 0 Å². The molecule has 3 N–H and O–H groups in total. The fourth-order valence-corrected chi connectivity index (χ4v) is 1.70. The number of hydrogen-bond donors (Lipinski definition) is 2. The minimum Gasteiger partial charge on any atom is -0.480 e. The second kappa shape index (κ2) is 3.27. The smallest absolute Gasteiger partial charge is 0.323 e. The number of ether oxygens (including phenoxy) is 1. The van der Waals surface area contributed by atoms with Gasteiger partial charge in [0.05, 0.1) is 5.60 Å². The first-order valence-corrected chi connectivity index (χ1v) is 4.58. The zero-order valence-corrected chi connectivity index (χ0v) is 8.17. The van der Waals surface area contributed by atoms with Gasteiger partial charge in [-0.2, -0.15) is 0 Å². The fraction of sp³-hybridized carbons (Fsp3) is 0.889. The van der Waals surface area contributed by atoms with Crippen LogP contribution in [-0.2, 0) is 9.53 Å². The van der Waals surface area contributed by atoms with Crippen molar-refractivity contribution in [1.29, 1.82) is 0 Å². The van der Waals surface area contributed by atoms with E-state index in [1.165, 1.54) is 0 Å². The lowest BCUT2D eigenvalue weighted by atomic mass is 9.80. The molecular formula is C9H17NO3. The maximum Gasteiger partial charge on any atom is 0.323 e. The van der Waals surface area contributed by atoms with Gasteiger partial charge in [0.2, 0.25) is 0 Å². The lowest BCUT2D eigenvalue weighted by Gasteiger charge is -2.41. The molecule has 4 heteroatoms. The van der Waals surface area contributed by atoms with E-state index in [1.807, 2.05) is 13.8 Å². The van der Waals surface area contributed by atoms with E-state index in [2.05, 4.69) is 0 Å². The molecule has 1 fully saturated rings. The van der Waals surface area contributed by atoms with Crippen LogP contribution < -0.4 is 5.73 Å². The Hall–Kier alpha value is -0.610. The summed E-state index contributed by atoms with van der Waals surface area (Å²) in [5, 5.41) is 8.94. The fourth-order valence-electron chi connectivity index (χ4n) is 1.70. The third kappa shape index (κ3) is 2.00. The summed E-state index contributed by atoms with van der Waals surface area (Å²) >= 11 is 0. The zero-order valence-electron chi connectivity index (χ0n) is 8.17. The van der Waals surface area contributed by atoms with Gasteiger partial charge in [0.1, 0.15) is 5.54 Å². The molecule has 0 saturated carbocycles. The summed E-state index contributed by atoms with van der Waals surface area (Å²) in [6, 6.07) is 0. The molecule has 0 aromatic rings. The molecule has 76 valence electrons. The van der Waals surface area contributed by atoms with Crippen molar-refractivity contribution in [2.75, 3.05) is 6.61 Å². The predicted molar refractivity (Wildman–Crippen MR) is 48.4 cm³/mol. The first-order chi connectivity index (χ1) is 5.92. The van der Waals surface area contributed by atoms with Gasteiger partial charge in [-0.25, -0.2) is 0 Å². The summed E-state index contributed by atoms with van der Waals surface area (Å²) in [6.07, 6.45) is 1.59. The Morgan fingerprint density at radius 3 is 2.77 bits per heavy atom. The Balaban J connectivity index is 2.76. The first kappa shape index (κ1) is 10.5. The van der Waals surface area contributed by atoms with Crippen LogP contribution in [0.25, 0.3) is 0 Å². The highest BCUT2D eigenvalue weighted by Crippen LogP contribution is 2.32. The van der Waals surface area contributed by atoms with Crippen LogP contribution in [0.4, 0.5) is 0 Å². The Labute approximate surface area is 78.1 Å². The van der Waals surface area contributed by atoms with Crippen LogP contribution >= 0.6 is 0 Å². The molecule has 0 aliphatic carbocycles. The third-order valence-electron chi connectivity index (χ3n) is 2.86. The Bertz CT molecular complexity index is 219. The van der Waals surface area contributed by atoms with Gasteiger partial charge in [-0.1, -0.05) is 6.92 Å². The quantitative estimate of drug-likeness (QED) is 0.669. The average molecular weight is 187 g/mol. The van der Waals surface area contributed by atoms with Gasteiger partial charge in [-0.15, -0.1) is 0 Å². The Morgan fingerprint density at radius 2 is 2.31 bits per heavy atom. The van der Waals surface area contributed by atoms with Gasteiger partial charge in [0.25, 0.3) is 0 Å². The summed E-state index contributed by atoms with van der Waals surface area (Å²) in [5.41, 5.74) is 4.31. The second-order valence-corrected chi connectivity index (χ2v) is 4.04. The molecule has 1 aliphatic heterocycles. The number of carboxylic acids is 1. The van der Waals surface area contributed by atoms with E-state index < -0.39 is 11.5 Å². The van der Waals surface area contributed by atoms with Gasteiger partial charge >= 0.3 is 5.97 Å².